The monoisotopic (exact) mass is 298 g/mol. The maximum atomic E-state index is 5.81. The van der Waals surface area contributed by atoms with Gasteiger partial charge in [-0.2, -0.15) is 4.98 Å². The molecular weight excluding hydrogens is 280 g/mol. The summed E-state index contributed by atoms with van der Waals surface area (Å²) in [5, 5.41) is 4.48. The first-order chi connectivity index (χ1) is 10.0. The highest BCUT2D eigenvalue weighted by Crippen LogP contribution is 2.31. The number of hydrogen-bond acceptors (Lipinski definition) is 5. The van der Waals surface area contributed by atoms with E-state index in [9.17, 15) is 0 Å². The number of nitrogens with zero attached hydrogens (tertiary/aromatic N) is 2. The molecule has 1 unspecified atom stereocenters. The number of rotatable bonds is 3. The number of anilines is 2. The van der Waals surface area contributed by atoms with Crippen LogP contribution >= 0.6 is 11.3 Å². The summed E-state index contributed by atoms with van der Waals surface area (Å²) >= 11 is 1.63. The molecular formula is C16H18N4S. The average molecular weight is 298 g/mol. The molecule has 4 nitrogen and oxygen atoms in total. The molecule has 3 rings (SSSR count). The van der Waals surface area contributed by atoms with Gasteiger partial charge < -0.3 is 11.1 Å². The van der Waals surface area contributed by atoms with Crippen LogP contribution in [0.15, 0.2) is 30.3 Å². The molecule has 0 radical (unpaired) electrons. The van der Waals surface area contributed by atoms with Gasteiger partial charge in [0.05, 0.1) is 5.39 Å². The largest absolute Gasteiger partial charge is 0.368 e. The molecule has 0 saturated heterocycles. The Morgan fingerprint density at radius 1 is 1.14 bits per heavy atom. The summed E-state index contributed by atoms with van der Waals surface area (Å²) in [7, 11) is 0. The second-order valence-electron chi connectivity index (χ2n) is 5.28. The van der Waals surface area contributed by atoms with E-state index in [1.165, 1.54) is 16.0 Å². The number of fused-ring (bicyclic) bond motifs is 1. The smallest absolute Gasteiger partial charge is 0.223 e. The van der Waals surface area contributed by atoms with Crippen molar-refractivity contribution in [3.63, 3.8) is 0 Å². The minimum atomic E-state index is 0.156. The highest BCUT2D eigenvalue weighted by atomic mass is 32.1. The minimum absolute atomic E-state index is 0.156. The molecule has 0 amide bonds. The van der Waals surface area contributed by atoms with Crippen molar-refractivity contribution in [1.82, 2.24) is 9.97 Å². The van der Waals surface area contributed by atoms with E-state index < -0.39 is 0 Å². The van der Waals surface area contributed by atoms with Crippen molar-refractivity contribution in [2.24, 2.45) is 0 Å². The highest BCUT2D eigenvalue weighted by Gasteiger charge is 2.12. The third-order valence-corrected chi connectivity index (χ3v) is 4.41. The first-order valence-corrected chi connectivity index (χ1v) is 7.71. The van der Waals surface area contributed by atoms with Crippen LogP contribution in [0.3, 0.4) is 0 Å². The zero-order valence-corrected chi connectivity index (χ0v) is 13.2. The molecule has 0 aliphatic heterocycles. The Morgan fingerprint density at radius 3 is 2.57 bits per heavy atom. The molecule has 0 aliphatic rings. The summed E-state index contributed by atoms with van der Waals surface area (Å²) in [6.07, 6.45) is 0. The van der Waals surface area contributed by atoms with Crippen LogP contribution in [0.4, 0.5) is 11.8 Å². The van der Waals surface area contributed by atoms with E-state index in [0.29, 0.717) is 5.95 Å². The number of nitrogens with one attached hydrogen (secondary N) is 1. The van der Waals surface area contributed by atoms with Gasteiger partial charge in [-0.1, -0.05) is 29.8 Å². The summed E-state index contributed by atoms with van der Waals surface area (Å²) in [4.78, 5) is 10.8. The Balaban J connectivity index is 1.95. The Bertz CT molecular complexity index is 777. The molecule has 21 heavy (non-hydrogen) atoms. The van der Waals surface area contributed by atoms with E-state index in [1.807, 2.05) is 0 Å². The predicted octanol–water partition coefficient (Wildman–Crippen LogP) is 4.06. The Labute approximate surface area is 128 Å². The van der Waals surface area contributed by atoms with E-state index in [2.05, 4.69) is 66.4 Å². The fourth-order valence-corrected chi connectivity index (χ4v) is 3.20. The zero-order chi connectivity index (χ0) is 15.0. The number of aryl methyl sites for hydroxylation is 2. The normalized spacial score (nSPS) is 12.5. The summed E-state index contributed by atoms with van der Waals surface area (Å²) < 4.78 is 0. The molecule has 0 aliphatic carbocycles. The third kappa shape index (κ3) is 2.83. The van der Waals surface area contributed by atoms with E-state index in [4.69, 9.17) is 5.73 Å². The molecule has 0 saturated carbocycles. The van der Waals surface area contributed by atoms with Gasteiger partial charge in [-0.3, -0.25) is 0 Å². The Morgan fingerprint density at radius 2 is 1.86 bits per heavy atom. The third-order valence-electron chi connectivity index (χ3n) is 3.46. The summed E-state index contributed by atoms with van der Waals surface area (Å²) in [5.74, 6) is 1.11. The SMILES string of the molecule is Cc1ccc(C(C)Nc2nc(N)nc3sc(C)cc23)cc1. The van der Waals surface area contributed by atoms with Crippen molar-refractivity contribution in [1.29, 1.82) is 0 Å². The van der Waals surface area contributed by atoms with Crippen LogP contribution in [0.1, 0.15) is 29.0 Å². The molecule has 2 aromatic heterocycles. The summed E-state index contributed by atoms with van der Waals surface area (Å²) in [5.41, 5.74) is 8.29. The van der Waals surface area contributed by atoms with Crippen molar-refractivity contribution >= 4 is 33.3 Å². The van der Waals surface area contributed by atoms with E-state index >= 15 is 0 Å². The topological polar surface area (TPSA) is 63.8 Å². The van der Waals surface area contributed by atoms with Gasteiger partial charge in [0.1, 0.15) is 10.6 Å². The van der Waals surface area contributed by atoms with Gasteiger partial charge in [0, 0.05) is 10.9 Å². The van der Waals surface area contributed by atoms with Crippen molar-refractivity contribution in [3.8, 4) is 0 Å². The van der Waals surface area contributed by atoms with Gasteiger partial charge in [0.2, 0.25) is 5.95 Å². The van der Waals surface area contributed by atoms with Crippen LogP contribution in [-0.4, -0.2) is 9.97 Å². The number of hydrogen-bond donors (Lipinski definition) is 2. The Kier molecular flexibility index (Phi) is 3.51. The fourth-order valence-electron chi connectivity index (χ4n) is 2.31. The summed E-state index contributed by atoms with van der Waals surface area (Å²) in [6.45, 7) is 6.27. The maximum Gasteiger partial charge on any atom is 0.223 e. The second-order valence-corrected chi connectivity index (χ2v) is 6.52. The van der Waals surface area contributed by atoms with Crippen LogP contribution < -0.4 is 11.1 Å². The quantitative estimate of drug-likeness (QED) is 0.765. The van der Waals surface area contributed by atoms with E-state index in [-0.39, 0.29) is 6.04 Å². The molecule has 3 aromatic rings. The van der Waals surface area contributed by atoms with Gasteiger partial charge in [-0.15, -0.1) is 11.3 Å². The van der Waals surface area contributed by atoms with Crippen molar-refractivity contribution in [2.75, 3.05) is 11.1 Å². The lowest BCUT2D eigenvalue weighted by Crippen LogP contribution is -2.09. The molecule has 1 atom stereocenters. The maximum absolute atomic E-state index is 5.81. The molecule has 0 fully saturated rings. The van der Waals surface area contributed by atoms with E-state index in [0.717, 1.165) is 16.0 Å². The predicted molar refractivity (Wildman–Crippen MR) is 89.8 cm³/mol. The zero-order valence-electron chi connectivity index (χ0n) is 12.3. The lowest BCUT2D eigenvalue weighted by atomic mass is 10.1. The van der Waals surface area contributed by atoms with Gasteiger partial charge in [-0.05, 0) is 32.4 Å². The first kappa shape index (κ1) is 13.8. The number of benzene rings is 1. The van der Waals surface area contributed by atoms with Gasteiger partial charge in [-0.25, -0.2) is 4.98 Å². The van der Waals surface area contributed by atoms with Crippen LogP contribution in [-0.2, 0) is 0 Å². The highest BCUT2D eigenvalue weighted by molar-refractivity contribution is 7.18. The van der Waals surface area contributed by atoms with Crippen molar-refractivity contribution in [3.05, 3.63) is 46.3 Å². The van der Waals surface area contributed by atoms with Crippen LogP contribution in [0.5, 0.6) is 0 Å². The molecule has 108 valence electrons. The number of nitrogens with two attached hydrogens (primary N) is 1. The number of thiophene rings is 1. The average Bonchev–Trinajstić information content (AvgIpc) is 2.79. The van der Waals surface area contributed by atoms with Gasteiger partial charge in [0.15, 0.2) is 0 Å². The van der Waals surface area contributed by atoms with E-state index in [1.54, 1.807) is 11.3 Å². The van der Waals surface area contributed by atoms with Gasteiger partial charge in [0.25, 0.3) is 0 Å². The molecule has 3 N–H and O–H groups in total. The van der Waals surface area contributed by atoms with Crippen molar-refractivity contribution < 1.29 is 0 Å². The lowest BCUT2D eigenvalue weighted by molar-refractivity contribution is 0.876. The van der Waals surface area contributed by atoms with Crippen molar-refractivity contribution in [2.45, 2.75) is 26.8 Å². The number of aromatic nitrogens is 2. The standard InChI is InChI=1S/C16H18N4S/c1-9-4-6-12(7-5-9)11(3)18-14-13-8-10(2)21-15(13)20-16(17)19-14/h4-8,11H,1-3H3,(H3,17,18,19,20). The minimum Gasteiger partial charge on any atom is -0.368 e. The molecule has 1 aromatic carbocycles. The van der Waals surface area contributed by atoms with Crippen LogP contribution in [0, 0.1) is 13.8 Å². The van der Waals surface area contributed by atoms with Crippen LogP contribution in [0.25, 0.3) is 10.2 Å². The number of nitrogen functional groups attached to an aromatic ring is 1. The molecule has 2 heterocycles. The molecule has 5 heteroatoms. The first-order valence-electron chi connectivity index (χ1n) is 6.89. The van der Waals surface area contributed by atoms with Gasteiger partial charge >= 0.3 is 0 Å². The second kappa shape index (κ2) is 5.33. The van der Waals surface area contributed by atoms with Crippen LogP contribution in [0.2, 0.25) is 0 Å². The molecule has 0 spiro atoms. The Hall–Kier alpha value is -2.14. The lowest BCUT2D eigenvalue weighted by Gasteiger charge is -2.16. The fraction of sp³-hybridized carbons (Fsp3) is 0.250. The molecule has 0 bridgehead atoms. The summed E-state index contributed by atoms with van der Waals surface area (Å²) in [6, 6.07) is 10.8.